The number of hydrogen-bond acceptors (Lipinski definition) is 5. The van der Waals surface area contributed by atoms with Gasteiger partial charge in [-0.25, -0.2) is 8.42 Å². The van der Waals surface area contributed by atoms with Crippen LogP contribution in [0.2, 0.25) is 0 Å². The number of sulfonamides is 1. The van der Waals surface area contributed by atoms with E-state index in [-0.39, 0.29) is 18.4 Å². The van der Waals surface area contributed by atoms with E-state index >= 15 is 0 Å². The number of ether oxygens (including phenoxy) is 1. The van der Waals surface area contributed by atoms with Crippen molar-refractivity contribution in [3.05, 3.63) is 0 Å². The number of carboxylic acid groups (broad SMARTS) is 1. The second kappa shape index (κ2) is 7.20. The molecule has 2 aliphatic carbocycles. The number of morpholine rings is 1. The summed E-state index contributed by atoms with van der Waals surface area (Å²) in [6, 6.07) is 0. The Kier molecular flexibility index (Phi) is 5.36. The predicted molar refractivity (Wildman–Crippen MR) is 89.3 cm³/mol. The molecule has 0 aromatic rings. The zero-order chi connectivity index (χ0) is 18.2. The molecule has 1 amide bonds. The minimum absolute atomic E-state index is 0.0492. The highest BCUT2D eigenvalue weighted by atomic mass is 32.2. The monoisotopic (exact) mass is 374 g/mol. The van der Waals surface area contributed by atoms with Gasteiger partial charge in [0.2, 0.25) is 15.9 Å². The molecule has 3 aliphatic rings. The molecule has 142 valence electrons. The van der Waals surface area contributed by atoms with Gasteiger partial charge in [0, 0.05) is 25.6 Å². The SMILES string of the molecule is CS(=O)(=O)N(CC(=O)O)CC1CN(C(=O)C2C3CCCCC32)CCO1. The third-order valence-electron chi connectivity index (χ3n) is 5.58. The van der Waals surface area contributed by atoms with Crippen molar-refractivity contribution in [1.29, 1.82) is 0 Å². The first-order valence-electron chi connectivity index (χ1n) is 8.84. The Labute approximate surface area is 148 Å². The first-order chi connectivity index (χ1) is 11.8. The molecule has 1 heterocycles. The van der Waals surface area contributed by atoms with Gasteiger partial charge in [-0.05, 0) is 24.7 Å². The Morgan fingerprint density at radius 1 is 1.24 bits per heavy atom. The Bertz CT molecular complexity index is 625. The predicted octanol–water partition coefficient (Wildman–Crippen LogP) is -0.00380. The summed E-state index contributed by atoms with van der Waals surface area (Å²) in [4.78, 5) is 25.5. The Hall–Kier alpha value is -1.19. The number of fused-ring (bicyclic) bond motifs is 1. The number of nitrogens with zero attached hydrogens (tertiary/aromatic N) is 2. The highest BCUT2D eigenvalue weighted by Gasteiger charge is 2.56. The van der Waals surface area contributed by atoms with Crippen LogP contribution in [0.25, 0.3) is 0 Å². The van der Waals surface area contributed by atoms with E-state index in [1.807, 2.05) is 0 Å². The van der Waals surface area contributed by atoms with Crippen LogP contribution in [-0.4, -0.2) is 79.8 Å². The van der Waals surface area contributed by atoms with E-state index in [1.54, 1.807) is 4.90 Å². The summed E-state index contributed by atoms with van der Waals surface area (Å²) in [5.74, 6) is 0.140. The molecular formula is C16H26N2O6S. The molecule has 0 aromatic heterocycles. The van der Waals surface area contributed by atoms with Gasteiger partial charge in [-0.15, -0.1) is 0 Å². The van der Waals surface area contributed by atoms with Crippen LogP contribution in [0.3, 0.4) is 0 Å². The number of carbonyl (C=O) groups excluding carboxylic acids is 1. The number of rotatable bonds is 6. The van der Waals surface area contributed by atoms with E-state index in [1.165, 1.54) is 12.8 Å². The van der Waals surface area contributed by atoms with E-state index in [0.717, 1.165) is 23.4 Å². The summed E-state index contributed by atoms with van der Waals surface area (Å²) in [5.41, 5.74) is 0. The zero-order valence-electron chi connectivity index (χ0n) is 14.5. The van der Waals surface area contributed by atoms with Crippen molar-refractivity contribution < 1.29 is 27.9 Å². The standard InChI is InChI=1S/C16H26N2O6S/c1-25(22,23)18(10-14(19)20)9-11-8-17(6-7-24-11)16(21)15-12-4-2-3-5-13(12)15/h11-13,15H,2-10H2,1H3,(H,19,20). The van der Waals surface area contributed by atoms with E-state index < -0.39 is 28.6 Å². The molecule has 0 spiro atoms. The van der Waals surface area contributed by atoms with Crippen LogP contribution in [-0.2, 0) is 24.3 Å². The zero-order valence-corrected chi connectivity index (χ0v) is 15.3. The van der Waals surface area contributed by atoms with E-state index in [9.17, 15) is 18.0 Å². The van der Waals surface area contributed by atoms with Crippen molar-refractivity contribution in [1.82, 2.24) is 9.21 Å². The fourth-order valence-corrected chi connectivity index (χ4v) is 5.08. The van der Waals surface area contributed by atoms with Gasteiger partial charge in [-0.1, -0.05) is 12.8 Å². The molecule has 8 nitrogen and oxygen atoms in total. The van der Waals surface area contributed by atoms with Gasteiger partial charge < -0.3 is 14.7 Å². The number of carbonyl (C=O) groups is 2. The van der Waals surface area contributed by atoms with Crippen molar-refractivity contribution in [3.8, 4) is 0 Å². The fourth-order valence-electron chi connectivity index (χ4n) is 4.29. The van der Waals surface area contributed by atoms with Crippen molar-refractivity contribution in [2.24, 2.45) is 17.8 Å². The van der Waals surface area contributed by atoms with Crippen LogP contribution in [0.1, 0.15) is 25.7 Å². The van der Waals surface area contributed by atoms with Crippen LogP contribution in [0, 0.1) is 17.8 Å². The third kappa shape index (κ3) is 4.32. The summed E-state index contributed by atoms with van der Waals surface area (Å²) >= 11 is 0. The van der Waals surface area contributed by atoms with Gasteiger partial charge >= 0.3 is 5.97 Å². The summed E-state index contributed by atoms with van der Waals surface area (Å²) in [7, 11) is -3.65. The molecule has 3 atom stereocenters. The quantitative estimate of drug-likeness (QED) is 0.702. The van der Waals surface area contributed by atoms with E-state index in [0.29, 0.717) is 31.5 Å². The second-order valence-electron chi connectivity index (χ2n) is 7.36. The number of amides is 1. The topological polar surface area (TPSA) is 104 Å². The summed E-state index contributed by atoms with van der Waals surface area (Å²) in [6.07, 6.45) is 5.17. The number of carboxylic acids is 1. The lowest BCUT2D eigenvalue weighted by Gasteiger charge is -2.35. The maximum absolute atomic E-state index is 12.8. The molecule has 1 aliphatic heterocycles. The van der Waals surface area contributed by atoms with Crippen molar-refractivity contribution in [2.75, 3.05) is 39.0 Å². The van der Waals surface area contributed by atoms with Crippen LogP contribution >= 0.6 is 0 Å². The first-order valence-corrected chi connectivity index (χ1v) is 10.7. The van der Waals surface area contributed by atoms with E-state index in [4.69, 9.17) is 9.84 Å². The van der Waals surface area contributed by atoms with E-state index in [2.05, 4.69) is 0 Å². The largest absolute Gasteiger partial charge is 0.480 e. The van der Waals surface area contributed by atoms with Crippen LogP contribution in [0.4, 0.5) is 0 Å². The normalized spacial score (nSPS) is 32.3. The lowest BCUT2D eigenvalue weighted by atomic mass is 10.0. The maximum Gasteiger partial charge on any atom is 0.318 e. The van der Waals surface area contributed by atoms with Crippen LogP contribution < -0.4 is 0 Å². The second-order valence-corrected chi connectivity index (χ2v) is 9.35. The van der Waals surface area contributed by atoms with Crippen molar-refractivity contribution in [3.63, 3.8) is 0 Å². The third-order valence-corrected chi connectivity index (χ3v) is 6.80. The molecule has 3 rings (SSSR count). The molecule has 1 saturated heterocycles. The average Bonchev–Trinajstić information content (AvgIpc) is 3.27. The van der Waals surface area contributed by atoms with Gasteiger partial charge in [0.25, 0.3) is 0 Å². The molecule has 9 heteroatoms. The van der Waals surface area contributed by atoms with Gasteiger partial charge in [0.1, 0.15) is 6.54 Å². The van der Waals surface area contributed by atoms with Crippen molar-refractivity contribution >= 4 is 21.9 Å². The first kappa shape index (κ1) is 18.6. The number of hydrogen-bond donors (Lipinski definition) is 1. The van der Waals surface area contributed by atoms with Crippen LogP contribution in [0.15, 0.2) is 0 Å². The highest BCUT2D eigenvalue weighted by molar-refractivity contribution is 7.88. The fraction of sp³-hybridized carbons (Fsp3) is 0.875. The molecule has 1 N–H and O–H groups in total. The molecule has 0 bridgehead atoms. The lowest BCUT2D eigenvalue weighted by molar-refractivity contribution is -0.142. The molecule has 3 fully saturated rings. The average molecular weight is 374 g/mol. The van der Waals surface area contributed by atoms with Gasteiger partial charge in [-0.2, -0.15) is 4.31 Å². The summed E-state index contributed by atoms with van der Waals surface area (Å²) < 4.78 is 30.0. The molecule has 2 saturated carbocycles. The maximum atomic E-state index is 12.8. The molecule has 0 radical (unpaired) electrons. The Balaban J connectivity index is 1.59. The minimum atomic E-state index is -3.65. The Morgan fingerprint density at radius 3 is 2.44 bits per heavy atom. The summed E-state index contributed by atoms with van der Waals surface area (Å²) in [6.45, 7) is 0.540. The van der Waals surface area contributed by atoms with Gasteiger partial charge in [0.05, 0.1) is 19.0 Å². The highest BCUT2D eigenvalue weighted by Crippen LogP contribution is 2.56. The smallest absolute Gasteiger partial charge is 0.318 e. The van der Waals surface area contributed by atoms with Crippen molar-refractivity contribution in [2.45, 2.75) is 31.8 Å². The lowest BCUT2D eigenvalue weighted by Crippen LogP contribution is -2.51. The minimum Gasteiger partial charge on any atom is -0.480 e. The van der Waals surface area contributed by atoms with Crippen LogP contribution in [0.5, 0.6) is 0 Å². The molecule has 3 unspecified atom stereocenters. The van der Waals surface area contributed by atoms with Gasteiger partial charge in [0.15, 0.2) is 0 Å². The molecular weight excluding hydrogens is 348 g/mol. The molecule has 25 heavy (non-hydrogen) atoms. The summed E-state index contributed by atoms with van der Waals surface area (Å²) in [5, 5.41) is 8.91. The molecule has 0 aromatic carbocycles. The van der Waals surface area contributed by atoms with Gasteiger partial charge in [-0.3, -0.25) is 9.59 Å². The Morgan fingerprint density at radius 2 is 1.88 bits per heavy atom. The number of aliphatic carboxylic acids is 1.